The van der Waals surface area contributed by atoms with E-state index in [9.17, 15) is 4.79 Å². The summed E-state index contributed by atoms with van der Waals surface area (Å²) in [5.41, 5.74) is 0. The van der Waals surface area contributed by atoms with Crippen LogP contribution in [0.15, 0.2) is 0 Å². The van der Waals surface area contributed by atoms with Crippen LogP contribution in [0.1, 0.15) is 46.0 Å². The van der Waals surface area contributed by atoms with E-state index in [1.165, 1.54) is 13.0 Å². The molecule has 0 saturated carbocycles. The summed E-state index contributed by atoms with van der Waals surface area (Å²) >= 11 is 0. The smallest absolute Gasteiger partial charge is 0.306 e. The number of ether oxygens (including phenoxy) is 1. The zero-order valence-corrected chi connectivity index (χ0v) is 10.7. The minimum atomic E-state index is -0.00390. The van der Waals surface area contributed by atoms with Crippen LogP contribution in [0.25, 0.3) is 0 Å². The first-order valence-corrected chi connectivity index (χ1v) is 6.64. The molecule has 0 amide bonds. The van der Waals surface area contributed by atoms with Crippen molar-refractivity contribution in [1.82, 2.24) is 4.90 Å². The molecule has 1 aliphatic heterocycles. The van der Waals surface area contributed by atoms with E-state index in [1.54, 1.807) is 0 Å². The fourth-order valence-electron chi connectivity index (χ4n) is 2.24. The second-order valence-electron chi connectivity index (χ2n) is 4.71. The van der Waals surface area contributed by atoms with Gasteiger partial charge in [0.05, 0.1) is 6.61 Å². The largest absolute Gasteiger partial charge is 0.466 e. The number of hydrogen-bond acceptors (Lipinski definition) is 3. The molecule has 0 N–H and O–H groups in total. The Kier molecular flexibility index (Phi) is 6.46. The van der Waals surface area contributed by atoms with Crippen molar-refractivity contribution in [3.63, 3.8) is 0 Å². The number of carbonyl (C=O) groups is 1. The SMILES string of the molecule is CCCOC(=O)CC1CCN(CCC)CC1. The van der Waals surface area contributed by atoms with Crippen LogP contribution < -0.4 is 0 Å². The van der Waals surface area contributed by atoms with E-state index in [4.69, 9.17) is 4.74 Å². The minimum absolute atomic E-state index is 0.00390. The molecule has 1 aliphatic rings. The lowest BCUT2D eigenvalue weighted by Gasteiger charge is -2.31. The van der Waals surface area contributed by atoms with E-state index < -0.39 is 0 Å². The van der Waals surface area contributed by atoms with Gasteiger partial charge in [0.15, 0.2) is 0 Å². The highest BCUT2D eigenvalue weighted by atomic mass is 16.5. The standard InChI is InChI=1S/C13H25NO2/c1-3-7-14-8-5-12(6-9-14)11-13(15)16-10-4-2/h12H,3-11H2,1-2H3. The van der Waals surface area contributed by atoms with Gasteiger partial charge >= 0.3 is 5.97 Å². The van der Waals surface area contributed by atoms with Crippen molar-refractivity contribution in [2.24, 2.45) is 5.92 Å². The molecule has 0 aromatic rings. The zero-order valence-electron chi connectivity index (χ0n) is 10.7. The van der Waals surface area contributed by atoms with Crippen molar-refractivity contribution in [3.8, 4) is 0 Å². The summed E-state index contributed by atoms with van der Waals surface area (Å²) in [7, 11) is 0. The second kappa shape index (κ2) is 7.66. The van der Waals surface area contributed by atoms with Gasteiger partial charge < -0.3 is 9.64 Å². The Morgan fingerprint density at radius 2 is 1.94 bits per heavy atom. The molecule has 0 atom stereocenters. The maximum atomic E-state index is 11.4. The molecule has 0 spiro atoms. The normalized spacial score (nSPS) is 18.6. The summed E-state index contributed by atoms with van der Waals surface area (Å²) in [4.78, 5) is 13.9. The van der Waals surface area contributed by atoms with Crippen molar-refractivity contribution in [3.05, 3.63) is 0 Å². The molecule has 1 fully saturated rings. The fraction of sp³-hybridized carbons (Fsp3) is 0.923. The highest BCUT2D eigenvalue weighted by Crippen LogP contribution is 2.20. The lowest BCUT2D eigenvalue weighted by molar-refractivity contribution is -0.145. The molecule has 1 rings (SSSR count). The topological polar surface area (TPSA) is 29.5 Å². The van der Waals surface area contributed by atoms with Crippen molar-refractivity contribution >= 4 is 5.97 Å². The Hall–Kier alpha value is -0.570. The molecule has 16 heavy (non-hydrogen) atoms. The molecule has 0 unspecified atom stereocenters. The number of piperidine rings is 1. The Labute approximate surface area is 99.1 Å². The summed E-state index contributed by atoms with van der Waals surface area (Å²) in [6.45, 7) is 8.32. The quantitative estimate of drug-likeness (QED) is 0.653. The molecular weight excluding hydrogens is 202 g/mol. The molecule has 3 nitrogen and oxygen atoms in total. The van der Waals surface area contributed by atoms with Gasteiger partial charge in [-0.2, -0.15) is 0 Å². The fourth-order valence-corrected chi connectivity index (χ4v) is 2.24. The van der Waals surface area contributed by atoms with Gasteiger partial charge in [0.25, 0.3) is 0 Å². The van der Waals surface area contributed by atoms with Crippen LogP contribution in [0.2, 0.25) is 0 Å². The van der Waals surface area contributed by atoms with E-state index in [2.05, 4.69) is 11.8 Å². The third-order valence-corrected chi connectivity index (χ3v) is 3.17. The number of likely N-dealkylation sites (tertiary alicyclic amines) is 1. The Bertz CT molecular complexity index is 198. The van der Waals surface area contributed by atoms with Crippen LogP contribution in [0.3, 0.4) is 0 Å². The van der Waals surface area contributed by atoms with Crippen LogP contribution in [0.5, 0.6) is 0 Å². The first-order chi connectivity index (χ1) is 7.76. The predicted octanol–water partition coefficient (Wildman–Crippen LogP) is 2.45. The summed E-state index contributed by atoms with van der Waals surface area (Å²) in [6, 6.07) is 0. The maximum Gasteiger partial charge on any atom is 0.306 e. The molecule has 94 valence electrons. The summed E-state index contributed by atoms with van der Waals surface area (Å²) < 4.78 is 5.12. The number of esters is 1. The highest BCUT2D eigenvalue weighted by molar-refractivity contribution is 5.69. The molecule has 0 aromatic carbocycles. The van der Waals surface area contributed by atoms with Crippen molar-refractivity contribution in [2.45, 2.75) is 46.0 Å². The monoisotopic (exact) mass is 227 g/mol. The molecule has 0 aliphatic carbocycles. The van der Waals surface area contributed by atoms with Crippen molar-refractivity contribution < 1.29 is 9.53 Å². The van der Waals surface area contributed by atoms with Gasteiger partial charge in [-0.25, -0.2) is 0 Å². The van der Waals surface area contributed by atoms with Crippen LogP contribution in [-0.4, -0.2) is 37.1 Å². The van der Waals surface area contributed by atoms with Gasteiger partial charge in [0.1, 0.15) is 0 Å². The number of hydrogen-bond donors (Lipinski definition) is 0. The minimum Gasteiger partial charge on any atom is -0.466 e. The first-order valence-electron chi connectivity index (χ1n) is 6.64. The Morgan fingerprint density at radius 1 is 1.25 bits per heavy atom. The predicted molar refractivity (Wildman–Crippen MR) is 65.3 cm³/mol. The van der Waals surface area contributed by atoms with E-state index in [0.29, 0.717) is 18.9 Å². The van der Waals surface area contributed by atoms with E-state index in [1.807, 2.05) is 6.92 Å². The van der Waals surface area contributed by atoms with E-state index >= 15 is 0 Å². The lowest BCUT2D eigenvalue weighted by atomic mass is 9.93. The lowest BCUT2D eigenvalue weighted by Crippen LogP contribution is -2.35. The second-order valence-corrected chi connectivity index (χ2v) is 4.71. The Morgan fingerprint density at radius 3 is 2.50 bits per heavy atom. The molecule has 0 radical (unpaired) electrons. The van der Waals surface area contributed by atoms with Crippen LogP contribution in [0, 0.1) is 5.92 Å². The van der Waals surface area contributed by atoms with Gasteiger partial charge in [-0.05, 0) is 51.2 Å². The summed E-state index contributed by atoms with van der Waals surface area (Å²) in [5.74, 6) is 0.549. The highest BCUT2D eigenvalue weighted by Gasteiger charge is 2.21. The first kappa shape index (κ1) is 13.5. The van der Waals surface area contributed by atoms with Gasteiger partial charge in [-0.15, -0.1) is 0 Å². The summed E-state index contributed by atoms with van der Waals surface area (Å²) in [6.07, 6.45) is 5.08. The number of rotatable bonds is 6. The van der Waals surface area contributed by atoms with Crippen LogP contribution in [0.4, 0.5) is 0 Å². The molecule has 1 heterocycles. The average Bonchev–Trinajstić information content (AvgIpc) is 2.29. The van der Waals surface area contributed by atoms with Crippen LogP contribution >= 0.6 is 0 Å². The zero-order chi connectivity index (χ0) is 11.8. The molecule has 1 saturated heterocycles. The van der Waals surface area contributed by atoms with E-state index in [-0.39, 0.29) is 5.97 Å². The molecule has 0 bridgehead atoms. The van der Waals surface area contributed by atoms with Gasteiger partial charge in [-0.3, -0.25) is 4.79 Å². The average molecular weight is 227 g/mol. The Balaban J connectivity index is 2.14. The van der Waals surface area contributed by atoms with Crippen molar-refractivity contribution in [2.75, 3.05) is 26.2 Å². The third kappa shape index (κ3) is 4.97. The van der Waals surface area contributed by atoms with E-state index in [0.717, 1.165) is 32.4 Å². The maximum absolute atomic E-state index is 11.4. The van der Waals surface area contributed by atoms with Gasteiger partial charge in [0, 0.05) is 6.42 Å². The molecule has 3 heteroatoms. The number of nitrogens with zero attached hydrogens (tertiary/aromatic N) is 1. The van der Waals surface area contributed by atoms with Crippen molar-refractivity contribution in [1.29, 1.82) is 0 Å². The third-order valence-electron chi connectivity index (χ3n) is 3.17. The van der Waals surface area contributed by atoms with Gasteiger partial charge in [-0.1, -0.05) is 13.8 Å². The van der Waals surface area contributed by atoms with Crippen LogP contribution in [-0.2, 0) is 9.53 Å². The molecular formula is C13H25NO2. The molecule has 0 aromatic heterocycles. The van der Waals surface area contributed by atoms with Gasteiger partial charge in [0.2, 0.25) is 0 Å². The summed E-state index contributed by atoms with van der Waals surface area (Å²) in [5, 5.41) is 0. The number of carbonyl (C=O) groups excluding carboxylic acids is 1.